The minimum atomic E-state index is -0.621. The highest BCUT2D eigenvalue weighted by Crippen LogP contribution is 2.16. The van der Waals surface area contributed by atoms with E-state index in [9.17, 15) is 14.4 Å². The average Bonchev–Trinajstić information content (AvgIpc) is 2.89. The molecule has 2 fully saturated rings. The molecule has 4 N–H and O–H groups in total. The highest BCUT2D eigenvalue weighted by Gasteiger charge is 2.30. The van der Waals surface area contributed by atoms with E-state index >= 15 is 0 Å². The molecule has 0 saturated carbocycles. The smallest absolute Gasteiger partial charge is 0.322 e. The van der Waals surface area contributed by atoms with Crippen molar-refractivity contribution in [3.8, 4) is 0 Å². The quantitative estimate of drug-likeness (QED) is 0.595. The number of rotatable bonds is 4. The van der Waals surface area contributed by atoms with Gasteiger partial charge in [0, 0.05) is 44.4 Å². The summed E-state index contributed by atoms with van der Waals surface area (Å²) in [6.45, 7) is 4.32. The number of imide groups is 1. The van der Waals surface area contributed by atoms with Crippen LogP contribution in [-0.2, 0) is 9.59 Å². The molecule has 4 amide bonds. The van der Waals surface area contributed by atoms with Gasteiger partial charge in [-0.1, -0.05) is 0 Å². The summed E-state index contributed by atoms with van der Waals surface area (Å²) in [7, 11) is 0. The van der Waals surface area contributed by atoms with E-state index in [2.05, 4.69) is 25.5 Å². The molecule has 1 unspecified atom stereocenters. The fourth-order valence-corrected chi connectivity index (χ4v) is 3.01. The third kappa shape index (κ3) is 3.95. The zero-order chi connectivity index (χ0) is 18.0. The van der Waals surface area contributed by atoms with Crippen LogP contribution in [0, 0.1) is 6.92 Å². The third-order valence-corrected chi connectivity index (χ3v) is 4.32. The molecule has 1 aromatic heterocycles. The number of hydrogen-bond acceptors (Lipinski definition) is 7. The number of nitrogens with two attached hydrogens (primary N) is 1. The van der Waals surface area contributed by atoms with Crippen molar-refractivity contribution in [1.82, 2.24) is 25.5 Å². The summed E-state index contributed by atoms with van der Waals surface area (Å²) in [6.07, 6.45) is 0.524. The van der Waals surface area contributed by atoms with Gasteiger partial charge < -0.3 is 20.9 Å². The number of nitrogens with zero attached hydrogens (tertiary/aromatic N) is 4. The maximum absolute atomic E-state index is 12.3. The first-order chi connectivity index (χ1) is 11.9. The van der Waals surface area contributed by atoms with Crippen LogP contribution in [0.15, 0.2) is 6.07 Å². The van der Waals surface area contributed by atoms with Gasteiger partial charge in [-0.2, -0.15) is 4.98 Å². The Bertz CT molecular complexity index is 680. The van der Waals surface area contributed by atoms with Gasteiger partial charge in [-0.15, -0.1) is 0 Å². The van der Waals surface area contributed by atoms with Crippen molar-refractivity contribution in [2.45, 2.75) is 25.8 Å². The fourth-order valence-electron chi connectivity index (χ4n) is 3.01. The molecule has 2 aliphatic rings. The average molecular weight is 347 g/mol. The molecule has 0 spiro atoms. The highest BCUT2D eigenvalue weighted by molar-refractivity contribution is 6.04. The second-order valence-electron chi connectivity index (χ2n) is 6.15. The van der Waals surface area contributed by atoms with Gasteiger partial charge in [-0.25, -0.2) is 9.78 Å². The number of aryl methyl sites for hydroxylation is 1. The number of hydrogen-bond donors (Lipinski definition) is 3. The lowest BCUT2D eigenvalue weighted by Crippen LogP contribution is -2.49. The number of nitrogen functional groups attached to an aromatic ring is 1. The van der Waals surface area contributed by atoms with Gasteiger partial charge in [0.1, 0.15) is 11.9 Å². The van der Waals surface area contributed by atoms with E-state index in [1.54, 1.807) is 4.90 Å². The lowest BCUT2D eigenvalue weighted by Gasteiger charge is -2.35. The summed E-state index contributed by atoms with van der Waals surface area (Å²) in [4.78, 5) is 47.0. The predicted octanol–water partition coefficient (Wildman–Crippen LogP) is -0.996. The second-order valence-corrected chi connectivity index (χ2v) is 6.15. The zero-order valence-electron chi connectivity index (χ0n) is 14.0. The van der Waals surface area contributed by atoms with E-state index in [4.69, 9.17) is 5.73 Å². The van der Waals surface area contributed by atoms with E-state index in [1.807, 2.05) is 13.0 Å². The van der Waals surface area contributed by atoms with Gasteiger partial charge >= 0.3 is 6.03 Å². The molecule has 2 saturated heterocycles. The van der Waals surface area contributed by atoms with Crippen LogP contribution < -0.4 is 21.3 Å². The van der Waals surface area contributed by atoms with Crippen molar-refractivity contribution in [2.24, 2.45) is 0 Å². The topological polar surface area (TPSA) is 134 Å². The molecule has 25 heavy (non-hydrogen) atoms. The minimum Gasteiger partial charge on any atom is -0.368 e. The normalized spacial score (nSPS) is 20.4. The molecule has 10 nitrogen and oxygen atoms in total. The number of aromatic nitrogens is 2. The number of carbonyl (C=O) groups is 3. The molecule has 0 bridgehead atoms. The van der Waals surface area contributed by atoms with Gasteiger partial charge in [-0.3, -0.25) is 14.9 Å². The van der Waals surface area contributed by atoms with Crippen LogP contribution >= 0.6 is 0 Å². The Hall–Kier alpha value is -2.91. The van der Waals surface area contributed by atoms with E-state index in [-0.39, 0.29) is 24.2 Å². The number of piperazine rings is 1. The Morgan fingerprint density at radius 2 is 2.00 bits per heavy atom. The summed E-state index contributed by atoms with van der Waals surface area (Å²) >= 11 is 0. The monoisotopic (exact) mass is 347 g/mol. The SMILES string of the molecule is Cc1cc(N2CCN(C(=O)CCC3NC(=O)NC3=O)CC2)nc(N)n1. The summed E-state index contributed by atoms with van der Waals surface area (Å²) < 4.78 is 0. The molecule has 10 heteroatoms. The Morgan fingerprint density at radius 3 is 2.60 bits per heavy atom. The van der Waals surface area contributed by atoms with Gasteiger partial charge in [-0.05, 0) is 13.3 Å². The Morgan fingerprint density at radius 1 is 1.28 bits per heavy atom. The van der Waals surface area contributed by atoms with Crippen LogP contribution in [-0.4, -0.2) is 64.9 Å². The Kier molecular flexibility index (Phi) is 4.68. The molecule has 2 aliphatic heterocycles. The largest absolute Gasteiger partial charge is 0.368 e. The number of nitrogens with one attached hydrogen (secondary N) is 2. The molecular formula is C15H21N7O3. The van der Waals surface area contributed by atoms with Crippen molar-refractivity contribution in [3.05, 3.63) is 11.8 Å². The third-order valence-electron chi connectivity index (χ3n) is 4.32. The van der Waals surface area contributed by atoms with Crippen molar-refractivity contribution >= 4 is 29.6 Å². The molecule has 0 radical (unpaired) electrons. The molecule has 1 aromatic rings. The standard InChI is InChI=1S/C15H21N7O3/c1-9-8-11(19-14(16)17-9)21-4-6-22(7-5-21)12(23)3-2-10-13(24)20-15(25)18-10/h8,10H,2-7H2,1H3,(H2,16,17,19)(H2,18,20,24,25). The van der Waals surface area contributed by atoms with E-state index in [0.717, 1.165) is 11.5 Å². The van der Waals surface area contributed by atoms with Crippen molar-refractivity contribution in [1.29, 1.82) is 0 Å². The van der Waals surface area contributed by atoms with Crippen LogP contribution in [0.2, 0.25) is 0 Å². The van der Waals surface area contributed by atoms with E-state index in [0.29, 0.717) is 32.6 Å². The first kappa shape index (κ1) is 16.9. The Balaban J connectivity index is 1.49. The van der Waals surface area contributed by atoms with E-state index in [1.165, 1.54) is 0 Å². The number of anilines is 2. The summed E-state index contributed by atoms with van der Waals surface area (Å²) in [5, 5.41) is 4.66. The fraction of sp³-hybridized carbons (Fsp3) is 0.533. The summed E-state index contributed by atoms with van der Waals surface area (Å²) in [6, 6.07) is 0.745. The lowest BCUT2D eigenvalue weighted by atomic mass is 10.1. The van der Waals surface area contributed by atoms with Crippen molar-refractivity contribution < 1.29 is 14.4 Å². The maximum atomic E-state index is 12.3. The molecule has 0 aliphatic carbocycles. The van der Waals surface area contributed by atoms with Crippen LogP contribution in [0.25, 0.3) is 0 Å². The summed E-state index contributed by atoms with van der Waals surface area (Å²) in [5.41, 5.74) is 6.49. The molecule has 3 heterocycles. The summed E-state index contributed by atoms with van der Waals surface area (Å²) in [5.74, 6) is 0.610. The number of urea groups is 1. The molecule has 3 rings (SSSR count). The van der Waals surface area contributed by atoms with Crippen molar-refractivity contribution in [2.75, 3.05) is 36.8 Å². The predicted molar refractivity (Wildman–Crippen MR) is 89.7 cm³/mol. The van der Waals surface area contributed by atoms with Crippen molar-refractivity contribution in [3.63, 3.8) is 0 Å². The minimum absolute atomic E-state index is 0.0213. The van der Waals surface area contributed by atoms with Crippen LogP contribution in [0.1, 0.15) is 18.5 Å². The molecule has 0 aromatic carbocycles. The zero-order valence-corrected chi connectivity index (χ0v) is 14.0. The maximum Gasteiger partial charge on any atom is 0.322 e. The second kappa shape index (κ2) is 6.91. The van der Waals surface area contributed by atoms with Crippen LogP contribution in [0.5, 0.6) is 0 Å². The number of carbonyl (C=O) groups excluding carboxylic acids is 3. The lowest BCUT2D eigenvalue weighted by molar-refractivity contribution is -0.131. The van der Waals surface area contributed by atoms with Crippen LogP contribution in [0.3, 0.4) is 0 Å². The van der Waals surface area contributed by atoms with E-state index < -0.39 is 12.1 Å². The van der Waals surface area contributed by atoms with Gasteiger partial charge in [0.25, 0.3) is 5.91 Å². The molecule has 1 atom stereocenters. The first-order valence-electron chi connectivity index (χ1n) is 8.17. The molecule has 134 valence electrons. The highest BCUT2D eigenvalue weighted by atomic mass is 16.2. The van der Waals surface area contributed by atoms with Crippen LogP contribution in [0.4, 0.5) is 16.6 Å². The Labute approximate surface area is 144 Å². The van der Waals surface area contributed by atoms with Gasteiger partial charge in [0.05, 0.1) is 0 Å². The number of amides is 4. The van der Waals surface area contributed by atoms with Gasteiger partial charge in [0.15, 0.2) is 0 Å². The van der Waals surface area contributed by atoms with Gasteiger partial charge in [0.2, 0.25) is 11.9 Å². The molecular weight excluding hydrogens is 326 g/mol. The first-order valence-corrected chi connectivity index (χ1v) is 8.17.